The molecule has 0 saturated heterocycles. The number of halogens is 1. The molecule has 3 rings (SSSR count). The normalized spacial score (nSPS) is 13.4. The second-order valence-electron chi connectivity index (χ2n) is 7.13. The Morgan fingerprint density at radius 3 is 2.86 bits per heavy atom. The topological polar surface area (TPSA) is 99.3 Å². The molecule has 1 aromatic heterocycles. The number of aryl methyl sites for hydroxylation is 1. The van der Waals surface area contributed by atoms with Crippen LogP contribution in [0.1, 0.15) is 40.8 Å². The number of non-ortho nitro benzene ring substituents is 1. The molecule has 1 amide bonds. The first-order chi connectivity index (χ1) is 13.9. The average Bonchev–Trinajstić information content (AvgIpc) is 2.82. The fourth-order valence-corrected chi connectivity index (χ4v) is 4.94. The Balaban J connectivity index is 1.66. The highest BCUT2D eigenvalue weighted by Crippen LogP contribution is 2.37. The number of nitriles is 1. The molecule has 0 fully saturated rings. The second-order valence-corrected chi connectivity index (χ2v) is 8.65. The van der Waals surface area contributed by atoms with Crippen molar-refractivity contribution in [1.82, 2.24) is 4.90 Å². The van der Waals surface area contributed by atoms with E-state index in [1.54, 1.807) is 11.9 Å². The van der Waals surface area contributed by atoms with Gasteiger partial charge < -0.3 is 5.32 Å². The molecule has 9 heteroatoms. The van der Waals surface area contributed by atoms with Crippen molar-refractivity contribution >= 4 is 39.5 Å². The number of fused-ring (bicyclic) bond motifs is 1. The predicted octanol–water partition coefficient (Wildman–Crippen LogP) is 4.52. The first-order valence-electron chi connectivity index (χ1n) is 9.35. The SMILES string of the molecule is CN(CC(=O)Nc1sc2c(c1C#N)CCCCC2)Cc1cc([N+](=O)[O-])ccc1Cl. The Hall–Kier alpha value is -2.47. The zero-order chi connectivity index (χ0) is 21.0. The summed E-state index contributed by atoms with van der Waals surface area (Å²) in [6, 6.07) is 6.51. The van der Waals surface area contributed by atoms with Crippen LogP contribution in [0.3, 0.4) is 0 Å². The summed E-state index contributed by atoms with van der Waals surface area (Å²) in [4.78, 5) is 25.9. The van der Waals surface area contributed by atoms with Crippen molar-refractivity contribution in [2.45, 2.75) is 38.6 Å². The lowest BCUT2D eigenvalue weighted by Gasteiger charge is -2.17. The third-order valence-corrected chi connectivity index (χ3v) is 6.46. The van der Waals surface area contributed by atoms with Gasteiger partial charge in [0.15, 0.2) is 0 Å². The molecule has 0 spiro atoms. The molecular formula is C20H21ClN4O3S. The van der Waals surface area contributed by atoms with Gasteiger partial charge in [-0.2, -0.15) is 5.26 Å². The lowest BCUT2D eigenvalue weighted by molar-refractivity contribution is -0.384. The zero-order valence-electron chi connectivity index (χ0n) is 16.0. The highest BCUT2D eigenvalue weighted by Gasteiger charge is 2.21. The number of likely N-dealkylation sites (N-methyl/N-ethyl adjacent to an activating group) is 1. The summed E-state index contributed by atoms with van der Waals surface area (Å²) >= 11 is 7.64. The maximum Gasteiger partial charge on any atom is 0.269 e. The smallest absolute Gasteiger partial charge is 0.269 e. The number of amides is 1. The molecule has 0 atom stereocenters. The summed E-state index contributed by atoms with van der Waals surface area (Å²) in [6.07, 6.45) is 5.18. The van der Waals surface area contributed by atoms with Gasteiger partial charge in [-0.25, -0.2) is 0 Å². The van der Waals surface area contributed by atoms with Crippen molar-refractivity contribution in [3.8, 4) is 6.07 Å². The van der Waals surface area contributed by atoms with Crippen molar-refractivity contribution in [3.05, 3.63) is 54.9 Å². The molecule has 1 N–H and O–H groups in total. The van der Waals surface area contributed by atoms with Crippen LogP contribution in [0.25, 0.3) is 0 Å². The molecule has 0 bridgehead atoms. The molecule has 0 saturated carbocycles. The molecule has 0 unspecified atom stereocenters. The molecule has 1 aliphatic carbocycles. The summed E-state index contributed by atoms with van der Waals surface area (Å²) < 4.78 is 0. The molecule has 7 nitrogen and oxygen atoms in total. The fraction of sp³-hybridized carbons (Fsp3) is 0.400. The van der Waals surface area contributed by atoms with E-state index in [9.17, 15) is 20.2 Å². The van der Waals surface area contributed by atoms with E-state index in [-0.39, 0.29) is 18.1 Å². The molecule has 1 heterocycles. The van der Waals surface area contributed by atoms with E-state index in [2.05, 4.69) is 11.4 Å². The number of carbonyl (C=O) groups is 1. The van der Waals surface area contributed by atoms with Crippen LogP contribution in [-0.2, 0) is 24.2 Å². The Labute approximate surface area is 178 Å². The standard InChI is InChI=1S/C20H21ClN4O3S/c1-24(11-13-9-14(25(27)28)7-8-17(13)21)12-19(26)23-20-16(10-22)15-5-3-2-4-6-18(15)29-20/h7-9H,2-6,11-12H2,1H3,(H,23,26). The summed E-state index contributed by atoms with van der Waals surface area (Å²) in [5.74, 6) is -0.234. The third kappa shape index (κ3) is 5.12. The van der Waals surface area contributed by atoms with Crippen LogP contribution in [0.2, 0.25) is 5.02 Å². The van der Waals surface area contributed by atoms with E-state index in [0.29, 0.717) is 27.7 Å². The van der Waals surface area contributed by atoms with Crippen molar-refractivity contribution in [3.63, 3.8) is 0 Å². The van der Waals surface area contributed by atoms with E-state index < -0.39 is 4.92 Å². The van der Waals surface area contributed by atoms with Crippen LogP contribution < -0.4 is 5.32 Å². The quantitative estimate of drug-likeness (QED) is 0.411. The van der Waals surface area contributed by atoms with Gasteiger partial charge in [0.25, 0.3) is 5.69 Å². The summed E-state index contributed by atoms with van der Waals surface area (Å²) in [6.45, 7) is 0.367. The molecule has 0 radical (unpaired) electrons. The third-order valence-electron chi connectivity index (χ3n) is 4.88. The van der Waals surface area contributed by atoms with Crippen LogP contribution in [0.5, 0.6) is 0 Å². The second kappa shape index (κ2) is 9.35. The maximum atomic E-state index is 12.5. The van der Waals surface area contributed by atoms with Gasteiger partial charge in [0, 0.05) is 28.6 Å². The molecule has 1 aliphatic rings. The number of rotatable bonds is 6. The maximum absolute atomic E-state index is 12.5. The van der Waals surface area contributed by atoms with Gasteiger partial charge in [-0.1, -0.05) is 18.0 Å². The number of nitrogens with zero attached hydrogens (tertiary/aromatic N) is 3. The number of nitro benzene ring substituents is 1. The number of anilines is 1. The highest BCUT2D eigenvalue weighted by molar-refractivity contribution is 7.16. The molecule has 2 aromatic rings. The number of nitro groups is 1. The Morgan fingerprint density at radius 2 is 2.14 bits per heavy atom. The Morgan fingerprint density at radius 1 is 1.38 bits per heavy atom. The minimum absolute atomic E-state index is 0.0407. The molecule has 0 aliphatic heterocycles. The van der Waals surface area contributed by atoms with Crippen LogP contribution in [0, 0.1) is 21.4 Å². The zero-order valence-corrected chi connectivity index (χ0v) is 17.6. The summed E-state index contributed by atoms with van der Waals surface area (Å²) in [5.41, 5.74) is 2.21. The monoisotopic (exact) mass is 432 g/mol. The van der Waals surface area contributed by atoms with E-state index >= 15 is 0 Å². The Bertz CT molecular complexity index is 983. The minimum Gasteiger partial charge on any atom is -0.315 e. The van der Waals surface area contributed by atoms with E-state index in [1.807, 2.05) is 0 Å². The average molecular weight is 433 g/mol. The van der Waals surface area contributed by atoms with Crippen LogP contribution >= 0.6 is 22.9 Å². The molecule has 152 valence electrons. The van der Waals surface area contributed by atoms with Gasteiger partial charge in [-0.15, -0.1) is 11.3 Å². The van der Waals surface area contributed by atoms with Gasteiger partial charge >= 0.3 is 0 Å². The van der Waals surface area contributed by atoms with Crippen LogP contribution in [0.4, 0.5) is 10.7 Å². The summed E-state index contributed by atoms with van der Waals surface area (Å²) in [7, 11) is 1.74. The number of hydrogen-bond acceptors (Lipinski definition) is 6. The first-order valence-corrected chi connectivity index (χ1v) is 10.5. The predicted molar refractivity (Wildman–Crippen MR) is 113 cm³/mol. The lowest BCUT2D eigenvalue weighted by atomic mass is 10.1. The van der Waals surface area contributed by atoms with Crippen molar-refractivity contribution in [2.75, 3.05) is 18.9 Å². The fourth-order valence-electron chi connectivity index (χ4n) is 3.50. The molecule has 29 heavy (non-hydrogen) atoms. The number of hydrogen-bond donors (Lipinski definition) is 1. The number of thiophene rings is 1. The van der Waals surface area contributed by atoms with Gasteiger partial charge in [-0.3, -0.25) is 19.8 Å². The number of carbonyl (C=O) groups excluding carboxylic acids is 1. The van der Waals surface area contributed by atoms with E-state index in [1.165, 1.54) is 40.8 Å². The van der Waals surface area contributed by atoms with Crippen molar-refractivity contribution in [2.24, 2.45) is 0 Å². The van der Waals surface area contributed by atoms with Gasteiger partial charge in [0.05, 0.1) is 17.0 Å². The minimum atomic E-state index is -0.475. The largest absolute Gasteiger partial charge is 0.315 e. The molecule has 1 aromatic carbocycles. The Kier molecular flexibility index (Phi) is 6.85. The number of benzene rings is 1. The summed E-state index contributed by atoms with van der Waals surface area (Å²) in [5, 5.41) is 24.4. The van der Waals surface area contributed by atoms with E-state index in [4.69, 9.17) is 11.6 Å². The van der Waals surface area contributed by atoms with Crippen LogP contribution in [-0.4, -0.2) is 29.3 Å². The first kappa shape index (κ1) is 21.2. The van der Waals surface area contributed by atoms with Crippen molar-refractivity contribution in [1.29, 1.82) is 5.26 Å². The molecular weight excluding hydrogens is 412 g/mol. The van der Waals surface area contributed by atoms with Gasteiger partial charge in [-0.05, 0) is 49.9 Å². The van der Waals surface area contributed by atoms with Gasteiger partial charge in [0.1, 0.15) is 11.1 Å². The van der Waals surface area contributed by atoms with Crippen LogP contribution in [0.15, 0.2) is 18.2 Å². The number of nitrogens with one attached hydrogen (secondary N) is 1. The lowest BCUT2D eigenvalue weighted by Crippen LogP contribution is -2.29. The van der Waals surface area contributed by atoms with Crippen molar-refractivity contribution < 1.29 is 9.72 Å². The van der Waals surface area contributed by atoms with Gasteiger partial charge in [0.2, 0.25) is 5.91 Å². The highest BCUT2D eigenvalue weighted by atomic mass is 35.5. The van der Waals surface area contributed by atoms with E-state index in [0.717, 1.165) is 31.2 Å².